The minimum absolute atomic E-state index is 0.205. The summed E-state index contributed by atoms with van der Waals surface area (Å²) in [5.41, 5.74) is 6.18. The Kier molecular flexibility index (Phi) is 3.59. The van der Waals surface area contributed by atoms with Gasteiger partial charge in [-0.2, -0.15) is 0 Å². The Morgan fingerprint density at radius 2 is 2.19 bits per heavy atom. The molecule has 16 heavy (non-hydrogen) atoms. The standard InChI is InChI=1S/C11H15N3OS/c1-7-6-8(4-5-13-7)9(15)14-11(2,3)10(12)16/h4-6H,1-3H3,(H2,12,16)(H,14,15). The summed E-state index contributed by atoms with van der Waals surface area (Å²) in [4.78, 5) is 16.1. The summed E-state index contributed by atoms with van der Waals surface area (Å²) in [6.45, 7) is 5.36. The zero-order valence-electron chi connectivity index (χ0n) is 9.57. The van der Waals surface area contributed by atoms with Crippen LogP contribution in [0.2, 0.25) is 0 Å². The van der Waals surface area contributed by atoms with Crippen molar-refractivity contribution in [3.63, 3.8) is 0 Å². The molecule has 1 heterocycles. The maximum Gasteiger partial charge on any atom is 0.252 e. The number of hydrogen-bond acceptors (Lipinski definition) is 3. The number of carbonyl (C=O) groups excluding carboxylic acids is 1. The number of amides is 1. The molecule has 1 rings (SSSR count). The molecule has 0 saturated heterocycles. The summed E-state index contributed by atoms with van der Waals surface area (Å²) in [5, 5.41) is 2.77. The Hall–Kier alpha value is -1.49. The number of hydrogen-bond donors (Lipinski definition) is 2. The van der Waals surface area contributed by atoms with Crippen molar-refractivity contribution in [2.75, 3.05) is 0 Å². The Morgan fingerprint density at radius 3 is 2.69 bits per heavy atom. The number of carbonyl (C=O) groups is 1. The lowest BCUT2D eigenvalue weighted by Gasteiger charge is -2.24. The molecule has 86 valence electrons. The van der Waals surface area contributed by atoms with Gasteiger partial charge in [-0.3, -0.25) is 9.78 Å². The number of thiocarbonyl (C=S) groups is 1. The minimum atomic E-state index is -0.691. The fourth-order valence-electron chi connectivity index (χ4n) is 1.10. The predicted molar refractivity (Wildman–Crippen MR) is 67.3 cm³/mol. The molecule has 1 aromatic rings. The zero-order valence-corrected chi connectivity index (χ0v) is 10.4. The molecule has 0 aliphatic heterocycles. The third kappa shape index (κ3) is 3.00. The number of nitrogens with zero attached hydrogens (tertiary/aromatic N) is 1. The molecule has 0 aromatic carbocycles. The monoisotopic (exact) mass is 237 g/mol. The molecule has 1 aromatic heterocycles. The van der Waals surface area contributed by atoms with E-state index in [2.05, 4.69) is 10.3 Å². The molecule has 4 nitrogen and oxygen atoms in total. The van der Waals surface area contributed by atoms with E-state index in [1.807, 2.05) is 6.92 Å². The van der Waals surface area contributed by atoms with Gasteiger partial charge in [-0.25, -0.2) is 0 Å². The number of aryl methyl sites for hydroxylation is 1. The van der Waals surface area contributed by atoms with Crippen LogP contribution in [0.4, 0.5) is 0 Å². The second-order valence-electron chi connectivity index (χ2n) is 4.13. The molecular formula is C11H15N3OS. The van der Waals surface area contributed by atoms with Gasteiger partial charge in [-0.15, -0.1) is 0 Å². The first-order valence-electron chi connectivity index (χ1n) is 4.88. The molecule has 0 spiro atoms. The van der Waals surface area contributed by atoms with E-state index in [4.69, 9.17) is 18.0 Å². The van der Waals surface area contributed by atoms with Gasteiger partial charge in [0.25, 0.3) is 5.91 Å². The third-order valence-corrected chi connectivity index (χ3v) is 2.71. The second kappa shape index (κ2) is 4.57. The number of pyridine rings is 1. The summed E-state index contributed by atoms with van der Waals surface area (Å²) in [6.07, 6.45) is 1.60. The van der Waals surface area contributed by atoms with Crippen LogP contribution in [0.25, 0.3) is 0 Å². The van der Waals surface area contributed by atoms with E-state index in [1.165, 1.54) is 0 Å². The lowest BCUT2D eigenvalue weighted by molar-refractivity contribution is 0.0932. The Morgan fingerprint density at radius 1 is 1.56 bits per heavy atom. The second-order valence-corrected chi connectivity index (χ2v) is 4.57. The Balaban J connectivity index is 2.85. The third-order valence-electron chi connectivity index (χ3n) is 2.20. The van der Waals surface area contributed by atoms with Crippen molar-refractivity contribution in [2.45, 2.75) is 26.3 Å². The van der Waals surface area contributed by atoms with Crippen LogP contribution in [0.3, 0.4) is 0 Å². The zero-order chi connectivity index (χ0) is 12.3. The highest BCUT2D eigenvalue weighted by Crippen LogP contribution is 2.06. The molecular weight excluding hydrogens is 222 g/mol. The van der Waals surface area contributed by atoms with Crippen LogP contribution in [0.1, 0.15) is 29.9 Å². The topological polar surface area (TPSA) is 68.0 Å². The quantitative estimate of drug-likeness (QED) is 0.775. The van der Waals surface area contributed by atoms with Gasteiger partial charge in [-0.1, -0.05) is 12.2 Å². The van der Waals surface area contributed by atoms with Crippen LogP contribution in [0, 0.1) is 6.92 Å². The van der Waals surface area contributed by atoms with Gasteiger partial charge in [0.15, 0.2) is 0 Å². The van der Waals surface area contributed by atoms with Gasteiger partial charge >= 0.3 is 0 Å². The van der Waals surface area contributed by atoms with Gasteiger partial charge in [0.2, 0.25) is 0 Å². The molecule has 0 fully saturated rings. The summed E-state index contributed by atoms with van der Waals surface area (Å²) >= 11 is 4.88. The number of rotatable bonds is 3. The van der Waals surface area contributed by atoms with Gasteiger partial charge < -0.3 is 11.1 Å². The van der Waals surface area contributed by atoms with E-state index < -0.39 is 5.54 Å². The van der Waals surface area contributed by atoms with E-state index in [0.29, 0.717) is 5.56 Å². The van der Waals surface area contributed by atoms with E-state index in [0.717, 1.165) is 5.69 Å². The normalized spacial score (nSPS) is 10.9. The molecule has 0 aliphatic rings. The molecule has 3 N–H and O–H groups in total. The first-order valence-corrected chi connectivity index (χ1v) is 5.29. The van der Waals surface area contributed by atoms with Crippen LogP contribution >= 0.6 is 12.2 Å². The smallest absolute Gasteiger partial charge is 0.252 e. The van der Waals surface area contributed by atoms with E-state index in [9.17, 15) is 4.79 Å². The van der Waals surface area contributed by atoms with Crippen molar-refractivity contribution in [2.24, 2.45) is 5.73 Å². The highest BCUT2D eigenvalue weighted by atomic mass is 32.1. The molecule has 0 atom stereocenters. The lowest BCUT2D eigenvalue weighted by atomic mass is 10.1. The number of nitrogens with two attached hydrogens (primary N) is 1. The number of nitrogens with one attached hydrogen (secondary N) is 1. The first kappa shape index (κ1) is 12.6. The van der Waals surface area contributed by atoms with E-state index >= 15 is 0 Å². The maximum absolute atomic E-state index is 11.9. The molecule has 0 aliphatic carbocycles. The first-order chi connectivity index (χ1) is 7.33. The van der Waals surface area contributed by atoms with Crippen LogP contribution < -0.4 is 11.1 Å². The number of aromatic nitrogens is 1. The average molecular weight is 237 g/mol. The molecule has 5 heteroatoms. The van der Waals surface area contributed by atoms with Crippen molar-refractivity contribution in [3.05, 3.63) is 29.6 Å². The predicted octanol–water partition coefficient (Wildman–Crippen LogP) is 1.18. The van der Waals surface area contributed by atoms with E-state index in [-0.39, 0.29) is 10.9 Å². The largest absolute Gasteiger partial charge is 0.391 e. The highest BCUT2D eigenvalue weighted by molar-refractivity contribution is 7.80. The van der Waals surface area contributed by atoms with Crippen molar-refractivity contribution in [1.82, 2.24) is 10.3 Å². The van der Waals surface area contributed by atoms with Crippen molar-refractivity contribution >= 4 is 23.1 Å². The molecule has 1 amide bonds. The minimum Gasteiger partial charge on any atom is -0.391 e. The summed E-state index contributed by atoms with van der Waals surface area (Å²) in [6, 6.07) is 3.36. The highest BCUT2D eigenvalue weighted by Gasteiger charge is 2.24. The average Bonchev–Trinajstić information content (AvgIpc) is 2.16. The van der Waals surface area contributed by atoms with Crippen LogP contribution in [0.5, 0.6) is 0 Å². The summed E-state index contributed by atoms with van der Waals surface area (Å²) in [5.74, 6) is -0.205. The van der Waals surface area contributed by atoms with Gasteiger partial charge in [-0.05, 0) is 32.9 Å². The Bertz CT molecular complexity index is 429. The van der Waals surface area contributed by atoms with Crippen molar-refractivity contribution in [3.8, 4) is 0 Å². The molecule has 0 bridgehead atoms. The summed E-state index contributed by atoms with van der Waals surface area (Å²) < 4.78 is 0. The molecule has 0 saturated carbocycles. The lowest BCUT2D eigenvalue weighted by Crippen LogP contribution is -2.52. The fraction of sp³-hybridized carbons (Fsp3) is 0.364. The fourth-order valence-corrected chi connectivity index (χ4v) is 1.16. The maximum atomic E-state index is 11.9. The van der Waals surface area contributed by atoms with Gasteiger partial charge in [0.1, 0.15) is 0 Å². The SMILES string of the molecule is Cc1cc(C(=O)NC(C)(C)C(N)=S)ccn1. The summed E-state index contributed by atoms with van der Waals surface area (Å²) in [7, 11) is 0. The van der Waals surface area contributed by atoms with Crippen molar-refractivity contribution < 1.29 is 4.79 Å². The van der Waals surface area contributed by atoms with Crippen LogP contribution in [-0.4, -0.2) is 21.4 Å². The van der Waals surface area contributed by atoms with Crippen molar-refractivity contribution in [1.29, 1.82) is 0 Å². The van der Waals surface area contributed by atoms with Crippen LogP contribution in [0.15, 0.2) is 18.3 Å². The molecule has 0 radical (unpaired) electrons. The van der Waals surface area contributed by atoms with Gasteiger partial charge in [0.05, 0.1) is 10.5 Å². The Labute approximate surface area is 100 Å². The van der Waals surface area contributed by atoms with Gasteiger partial charge in [0, 0.05) is 17.5 Å². The van der Waals surface area contributed by atoms with Crippen LogP contribution in [-0.2, 0) is 0 Å². The van der Waals surface area contributed by atoms with E-state index in [1.54, 1.807) is 32.2 Å². The molecule has 0 unspecified atom stereocenters.